The van der Waals surface area contributed by atoms with E-state index in [2.05, 4.69) is 34.9 Å². The van der Waals surface area contributed by atoms with Gasteiger partial charge in [-0.25, -0.2) is 0 Å². The summed E-state index contributed by atoms with van der Waals surface area (Å²) in [6.07, 6.45) is 16.3. The maximum absolute atomic E-state index is 12.4. The van der Waals surface area contributed by atoms with Gasteiger partial charge in [-0.1, -0.05) is 37.1 Å². The average Bonchev–Trinajstić information content (AvgIpc) is 3.36. The molecule has 6 aliphatic carbocycles. The molecule has 4 saturated carbocycles. The topological polar surface area (TPSA) is 58.2 Å². The highest BCUT2D eigenvalue weighted by atomic mass is 16.2. The van der Waals surface area contributed by atoms with Crippen molar-refractivity contribution in [2.75, 3.05) is 13.1 Å². The smallest absolute Gasteiger partial charge is 0.223 e. The molecule has 150 valence electrons. The maximum Gasteiger partial charge on any atom is 0.223 e. The summed E-state index contributed by atoms with van der Waals surface area (Å²) in [5, 5.41) is 6.34. The van der Waals surface area contributed by atoms with Crippen LogP contribution in [0.5, 0.6) is 0 Å². The first-order chi connectivity index (χ1) is 13.7. The van der Waals surface area contributed by atoms with Gasteiger partial charge in [-0.05, 0) is 73.0 Å². The summed E-state index contributed by atoms with van der Waals surface area (Å²) in [6.45, 7) is 1.62. The molecule has 4 fully saturated rings. The molecular formula is C24H32N2O2. The van der Waals surface area contributed by atoms with Crippen molar-refractivity contribution in [2.45, 2.75) is 38.5 Å². The second-order valence-corrected chi connectivity index (χ2v) is 10.3. The SMILES string of the molecule is O=C(NCCCCCCNC(=O)C1C2C3C=CC(C3)C12)C1C2C3C=CC(C3)C12. The Labute approximate surface area is 167 Å². The zero-order valence-corrected chi connectivity index (χ0v) is 16.6. The molecule has 0 aromatic carbocycles. The number of carbonyl (C=O) groups excluding carboxylic acids is 2. The van der Waals surface area contributed by atoms with E-state index in [1.54, 1.807) is 0 Å². The number of nitrogens with one attached hydrogen (secondary N) is 2. The molecule has 8 atom stereocenters. The van der Waals surface area contributed by atoms with Crippen LogP contribution in [0.15, 0.2) is 24.3 Å². The van der Waals surface area contributed by atoms with E-state index in [-0.39, 0.29) is 0 Å². The average molecular weight is 381 g/mol. The lowest BCUT2D eigenvalue weighted by Crippen LogP contribution is -2.29. The van der Waals surface area contributed by atoms with Crippen LogP contribution in [0.25, 0.3) is 0 Å². The number of carbonyl (C=O) groups is 2. The van der Waals surface area contributed by atoms with Gasteiger partial charge in [0.2, 0.25) is 11.8 Å². The molecule has 0 heterocycles. The van der Waals surface area contributed by atoms with Gasteiger partial charge in [0.05, 0.1) is 0 Å². The van der Waals surface area contributed by atoms with Crippen molar-refractivity contribution in [1.82, 2.24) is 10.6 Å². The third kappa shape index (κ3) is 2.63. The highest BCUT2D eigenvalue weighted by Gasteiger charge is 2.66. The van der Waals surface area contributed by atoms with Crippen LogP contribution < -0.4 is 10.6 Å². The second-order valence-electron chi connectivity index (χ2n) is 10.3. The summed E-state index contributed by atoms with van der Waals surface area (Å²) in [6, 6.07) is 0. The van der Waals surface area contributed by atoms with E-state index in [1.165, 1.54) is 12.8 Å². The number of unbranched alkanes of at least 4 members (excludes halogenated alkanes) is 3. The van der Waals surface area contributed by atoms with Crippen molar-refractivity contribution in [3.8, 4) is 0 Å². The zero-order chi connectivity index (χ0) is 18.8. The fraction of sp³-hybridized carbons (Fsp3) is 0.750. The van der Waals surface area contributed by atoms with Crippen molar-refractivity contribution in [2.24, 2.45) is 59.2 Å². The minimum absolute atomic E-state index is 0.305. The molecule has 4 nitrogen and oxygen atoms in total. The van der Waals surface area contributed by atoms with E-state index in [1.807, 2.05) is 0 Å². The molecular weight excluding hydrogens is 348 g/mol. The van der Waals surface area contributed by atoms with E-state index in [4.69, 9.17) is 0 Å². The predicted octanol–water partition coefficient (Wildman–Crippen LogP) is 2.92. The van der Waals surface area contributed by atoms with E-state index in [9.17, 15) is 9.59 Å². The Morgan fingerprint density at radius 1 is 0.607 bits per heavy atom. The Kier molecular flexibility index (Phi) is 3.99. The number of fused-ring (bicyclic) bond motifs is 10. The second kappa shape index (κ2) is 6.47. The summed E-state index contributed by atoms with van der Waals surface area (Å²) < 4.78 is 0. The first-order valence-corrected chi connectivity index (χ1v) is 11.7. The molecule has 8 unspecified atom stereocenters. The number of allylic oxidation sites excluding steroid dienone is 4. The molecule has 0 aliphatic heterocycles. The van der Waals surface area contributed by atoms with Gasteiger partial charge in [-0.3, -0.25) is 9.59 Å². The minimum Gasteiger partial charge on any atom is -0.356 e. The quantitative estimate of drug-likeness (QED) is 0.477. The van der Waals surface area contributed by atoms with Crippen molar-refractivity contribution in [3.63, 3.8) is 0 Å². The molecule has 2 amide bonds. The minimum atomic E-state index is 0.305. The summed E-state index contributed by atoms with van der Waals surface area (Å²) in [4.78, 5) is 24.7. The van der Waals surface area contributed by atoms with Crippen LogP contribution in [0.4, 0.5) is 0 Å². The Bertz CT molecular complexity index is 645. The van der Waals surface area contributed by atoms with Crippen molar-refractivity contribution >= 4 is 11.8 Å². The monoisotopic (exact) mass is 380 g/mol. The van der Waals surface area contributed by atoms with Gasteiger partial charge >= 0.3 is 0 Å². The van der Waals surface area contributed by atoms with Crippen molar-refractivity contribution in [1.29, 1.82) is 0 Å². The standard InChI is InChI=1S/C24H32N2O2/c27-23(21-17-13-5-6-14(11-13)18(17)21)25-9-3-1-2-4-10-26-24(28)22-19-15-7-8-16(12-15)20(19)22/h5-8,13-22H,1-4,9-12H2,(H,25,27)(H,26,28). The first-order valence-electron chi connectivity index (χ1n) is 11.7. The van der Waals surface area contributed by atoms with Gasteiger partial charge in [0, 0.05) is 24.9 Å². The van der Waals surface area contributed by atoms with Crippen LogP contribution in [0.2, 0.25) is 0 Å². The molecule has 0 aromatic rings. The lowest BCUT2D eigenvalue weighted by atomic mass is 10.0. The molecule has 4 bridgehead atoms. The first kappa shape index (κ1) is 17.3. The van der Waals surface area contributed by atoms with E-state index in [0.29, 0.717) is 71.0 Å². The van der Waals surface area contributed by atoms with E-state index >= 15 is 0 Å². The fourth-order valence-electron chi connectivity index (χ4n) is 7.54. The lowest BCUT2D eigenvalue weighted by molar-refractivity contribution is -0.124. The lowest BCUT2D eigenvalue weighted by Gasteiger charge is -2.10. The van der Waals surface area contributed by atoms with Crippen LogP contribution in [0, 0.1) is 59.2 Å². The summed E-state index contributed by atoms with van der Waals surface area (Å²) >= 11 is 0. The molecule has 0 radical (unpaired) electrons. The van der Waals surface area contributed by atoms with Gasteiger partial charge in [-0.2, -0.15) is 0 Å². The molecule has 6 aliphatic rings. The molecule has 2 N–H and O–H groups in total. The fourth-order valence-corrected chi connectivity index (χ4v) is 7.54. The van der Waals surface area contributed by atoms with Crippen LogP contribution in [-0.2, 0) is 9.59 Å². The van der Waals surface area contributed by atoms with Crippen LogP contribution in [-0.4, -0.2) is 24.9 Å². The molecule has 4 heteroatoms. The Morgan fingerprint density at radius 2 is 0.964 bits per heavy atom. The number of amides is 2. The summed E-state index contributed by atoms with van der Waals surface area (Å²) in [5.41, 5.74) is 0. The number of hydrogen-bond donors (Lipinski definition) is 2. The normalized spacial score (nSPS) is 47.1. The predicted molar refractivity (Wildman–Crippen MR) is 107 cm³/mol. The van der Waals surface area contributed by atoms with Crippen molar-refractivity contribution in [3.05, 3.63) is 24.3 Å². The van der Waals surface area contributed by atoms with Gasteiger partial charge in [-0.15, -0.1) is 0 Å². The number of hydrogen-bond acceptors (Lipinski definition) is 2. The maximum atomic E-state index is 12.4. The number of rotatable bonds is 9. The Morgan fingerprint density at radius 3 is 1.32 bits per heavy atom. The summed E-state index contributed by atoms with van der Waals surface area (Å²) in [7, 11) is 0. The van der Waals surface area contributed by atoms with E-state index < -0.39 is 0 Å². The van der Waals surface area contributed by atoms with Crippen LogP contribution >= 0.6 is 0 Å². The zero-order valence-electron chi connectivity index (χ0n) is 16.6. The van der Waals surface area contributed by atoms with Gasteiger partial charge in [0.25, 0.3) is 0 Å². The van der Waals surface area contributed by atoms with Gasteiger partial charge in [0.15, 0.2) is 0 Å². The highest BCUT2D eigenvalue weighted by molar-refractivity contribution is 5.83. The third-order valence-corrected chi connectivity index (χ3v) is 8.85. The van der Waals surface area contributed by atoms with E-state index in [0.717, 1.165) is 38.8 Å². The summed E-state index contributed by atoms with van der Waals surface area (Å²) in [5.74, 6) is 6.66. The third-order valence-electron chi connectivity index (χ3n) is 8.85. The molecule has 0 spiro atoms. The van der Waals surface area contributed by atoms with Gasteiger partial charge in [0.1, 0.15) is 0 Å². The molecule has 6 rings (SSSR count). The largest absolute Gasteiger partial charge is 0.356 e. The van der Waals surface area contributed by atoms with Crippen molar-refractivity contribution < 1.29 is 9.59 Å². The Balaban J connectivity index is 0.807. The highest BCUT2D eigenvalue weighted by Crippen LogP contribution is 2.67. The Hall–Kier alpha value is -1.58. The molecule has 0 aromatic heterocycles. The molecule has 28 heavy (non-hydrogen) atoms. The van der Waals surface area contributed by atoms with Crippen LogP contribution in [0.3, 0.4) is 0 Å². The molecule has 0 saturated heterocycles. The van der Waals surface area contributed by atoms with Gasteiger partial charge < -0.3 is 10.6 Å². The van der Waals surface area contributed by atoms with Crippen LogP contribution in [0.1, 0.15) is 38.5 Å².